The summed E-state index contributed by atoms with van der Waals surface area (Å²) in [6.45, 7) is 5.07. The molecule has 0 aliphatic rings. The van der Waals surface area contributed by atoms with E-state index < -0.39 is 6.10 Å². The molecular weight excluding hydrogens is 216 g/mol. The molecule has 0 aliphatic heterocycles. The zero-order valence-corrected chi connectivity index (χ0v) is 10.6. The van der Waals surface area contributed by atoms with Crippen molar-refractivity contribution in [3.05, 3.63) is 29.8 Å². The Morgan fingerprint density at radius 3 is 2.82 bits per heavy atom. The van der Waals surface area contributed by atoms with E-state index in [9.17, 15) is 5.11 Å². The standard InChI is InChI=1S/C13H22N2O2/c1-3-15(7-8-17-2)10-13(16)11-5-4-6-12(14)9-11/h4-6,9,13,16H,3,7-8,10,14H2,1-2H3. The molecule has 0 bridgehead atoms. The molecule has 1 atom stereocenters. The van der Waals surface area contributed by atoms with Crippen molar-refractivity contribution in [3.8, 4) is 0 Å². The highest BCUT2D eigenvalue weighted by atomic mass is 16.5. The predicted molar refractivity (Wildman–Crippen MR) is 69.8 cm³/mol. The van der Waals surface area contributed by atoms with Crippen LogP contribution in [0.3, 0.4) is 0 Å². The number of methoxy groups -OCH3 is 1. The normalized spacial score (nSPS) is 12.9. The van der Waals surface area contributed by atoms with Crippen molar-refractivity contribution in [1.29, 1.82) is 0 Å². The van der Waals surface area contributed by atoms with Crippen molar-refractivity contribution in [2.75, 3.05) is 39.1 Å². The summed E-state index contributed by atoms with van der Waals surface area (Å²) in [6, 6.07) is 7.39. The number of nitrogen functional groups attached to an aromatic ring is 1. The summed E-state index contributed by atoms with van der Waals surface area (Å²) >= 11 is 0. The number of anilines is 1. The number of benzene rings is 1. The summed E-state index contributed by atoms with van der Waals surface area (Å²) in [4.78, 5) is 2.15. The molecule has 1 unspecified atom stereocenters. The molecule has 0 saturated carbocycles. The van der Waals surface area contributed by atoms with E-state index in [1.165, 1.54) is 0 Å². The van der Waals surface area contributed by atoms with E-state index in [1.54, 1.807) is 7.11 Å². The molecule has 4 heteroatoms. The number of rotatable bonds is 7. The highest BCUT2D eigenvalue weighted by molar-refractivity contribution is 5.41. The molecule has 0 spiro atoms. The van der Waals surface area contributed by atoms with Crippen LogP contribution < -0.4 is 5.73 Å². The molecule has 1 rings (SSSR count). The van der Waals surface area contributed by atoms with E-state index in [1.807, 2.05) is 24.3 Å². The topological polar surface area (TPSA) is 58.7 Å². The first-order valence-corrected chi connectivity index (χ1v) is 5.92. The smallest absolute Gasteiger partial charge is 0.0917 e. The molecule has 0 amide bonds. The lowest BCUT2D eigenvalue weighted by molar-refractivity contribution is 0.0921. The van der Waals surface area contributed by atoms with Gasteiger partial charge in [-0.05, 0) is 24.2 Å². The number of ether oxygens (including phenoxy) is 1. The van der Waals surface area contributed by atoms with E-state index in [4.69, 9.17) is 10.5 Å². The van der Waals surface area contributed by atoms with Crippen molar-refractivity contribution < 1.29 is 9.84 Å². The SMILES string of the molecule is CCN(CCOC)CC(O)c1cccc(N)c1. The number of nitrogens with two attached hydrogens (primary N) is 1. The van der Waals surface area contributed by atoms with Gasteiger partial charge in [0.05, 0.1) is 12.7 Å². The molecule has 4 nitrogen and oxygen atoms in total. The quantitative estimate of drug-likeness (QED) is 0.702. The van der Waals surface area contributed by atoms with Gasteiger partial charge in [-0.25, -0.2) is 0 Å². The Morgan fingerprint density at radius 1 is 1.47 bits per heavy atom. The molecule has 96 valence electrons. The van der Waals surface area contributed by atoms with Crippen LogP contribution >= 0.6 is 0 Å². The molecule has 0 fully saturated rings. The van der Waals surface area contributed by atoms with E-state index in [0.29, 0.717) is 18.8 Å². The molecule has 0 aliphatic carbocycles. The summed E-state index contributed by atoms with van der Waals surface area (Å²) in [5, 5.41) is 10.1. The van der Waals surface area contributed by atoms with Crippen molar-refractivity contribution in [3.63, 3.8) is 0 Å². The predicted octanol–water partition coefficient (Wildman–Crippen LogP) is 1.27. The van der Waals surface area contributed by atoms with Crippen molar-refractivity contribution in [2.45, 2.75) is 13.0 Å². The minimum atomic E-state index is -0.504. The Kier molecular flexibility index (Phi) is 5.97. The van der Waals surface area contributed by atoms with Crippen LogP contribution in [0.25, 0.3) is 0 Å². The van der Waals surface area contributed by atoms with Gasteiger partial charge in [0.1, 0.15) is 0 Å². The maximum atomic E-state index is 10.1. The van der Waals surface area contributed by atoms with E-state index in [2.05, 4.69) is 11.8 Å². The lowest BCUT2D eigenvalue weighted by Crippen LogP contribution is -2.31. The molecule has 0 heterocycles. The molecule has 1 aromatic rings. The summed E-state index contributed by atoms with van der Waals surface area (Å²) in [7, 11) is 1.68. The minimum absolute atomic E-state index is 0.504. The van der Waals surface area contributed by atoms with Crippen molar-refractivity contribution in [2.24, 2.45) is 0 Å². The molecule has 3 N–H and O–H groups in total. The van der Waals surface area contributed by atoms with Crippen LogP contribution in [0.4, 0.5) is 5.69 Å². The Labute approximate surface area is 103 Å². The largest absolute Gasteiger partial charge is 0.399 e. The molecule has 17 heavy (non-hydrogen) atoms. The molecule has 0 radical (unpaired) electrons. The average molecular weight is 238 g/mol. The number of hydrogen-bond acceptors (Lipinski definition) is 4. The van der Waals surface area contributed by atoms with Crippen LogP contribution in [0.5, 0.6) is 0 Å². The van der Waals surface area contributed by atoms with E-state index >= 15 is 0 Å². The van der Waals surface area contributed by atoms with Crippen LogP contribution in [-0.4, -0.2) is 43.4 Å². The fraction of sp³-hybridized carbons (Fsp3) is 0.538. The van der Waals surface area contributed by atoms with Gasteiger partial charge < -0.3 is 15.6 Å². The first kappa shape index (κ1) is 14.0. The van der Waals surface area contributed by atoms with Crippen LogP contribution in [-0.2, 0) is 4.74 Å². The van der Waals surface area contributed by atoms with Crippen molar-refractivity contribution >= 4 is 5.69 Å². The lowest BCUT2D eigenvalue weighted by Gasteiger charge is -2.23. The highest BCUT2D eigenvalue weighted by Crippen LogP contribution is 2.16. The summed E-state index contributed by atoms with van der Waals surface area (Å²) < 4.78 is 5.04. The molecular formula is C13H22N2O2. The first-order chi connectivity index (χ1) is 8.17. The van der Waals surface area contributed by atoms with E-state index in [0.717, 1.165) is 18.7 Å². The number of aliphatic hydroxyl groups is 1. The van der Waals surface area contributed by atoms with E-state index in [-0.39, 0.29) is 0 Å². The number of hydrogen-bond donors (Lipinski definition) is 2. The summed E-state index contributed by atoms with van der Waals surface area (Å²) in [5.74, 6) is 0. The fourth-order valence-electron chi connectivity index (χ4n) is 1.72. The maximum Gasteiger partial charge on any atom is 0.0917 e. The Bertz CT molecular complexity index is 331. The van der Waals surface area contributed by atoms with Crippen LogP contribution in [0.2, 0.25) is 0 Å². The first-order valence-electron chi connectivity index (χ1n) is 5.92. The maximum absolute atomic E-state index is 10.1. The van der Waals surface area contributed by atoms with Gasteiger partial charge in [0.2, 0.25) is 0 Å². The third-order valence-corrected chi connectivity index (χ3v) is 2.79. The van der Waals surface area contributed by atoms with Gasteiger partial charge >= 0.3 is 0 Å². The van der Waals surface area contributed by atoms with Gasteiger partial charge in [0.25, 0.3) is 0 Å². The Hall–Kier alpha value is -1.10. The zero-order chi connectivity index (χ0) is 12.7. The number of nitrogens with zero attached hydrogens (tertiary/aromatic N) is 1. The van der Waals surface area contributed by atoms with Gasteiger partial charge in [0.15, 0.2) is 0 Å². The Morgan fingerprint density at radius 2 is 2.24 bits per heavy atom. The van der Waals surface area contributed by atoms with Crippen LogP contribution in [0.1, 0.15) is 18.6 Å². The zero-order valence-electron chi connectivity index (χ0n) is 10.6. The van der Waals surface area contributed by atoms with Crippen LogP contribution in [0, 0.1) is 0 Å². The minimum Gasteiger partial charge on any atom is -0.399 e. The monoisotopic (exact) mass is 238 g/mol. The van der Waals surface area contributed by atoms with Gasteiger partial charge in [-0.1, -0.05) is 19.1 Å². The lowest BCUT2D eigenvalue weighted by atomic mass is 10.1. The van der Waals surface area contributed by atoms with Gasteiger partial charge in [-0.15, -0.1) is 0 Å². The summed E-state index contributed by atoms with van der Waals surface area (Å²) in [5.41, 5.74) is 7.24. The summed E-state index contributed by atoms with van der Waals surface area (Å²) in [6.07, 6.45) is -0.504. The second-order valence-electron chi connectivity index (χ2n) is 4.07. The van der Waals surface area contributed by atoms with Gasteiger partial charge in [-0.3, -0.25) is 4.90 Å². The fourth-order valence-corrected chi connectivity index (χ4v) is 1.72. The van der Waals surface area contributed by atoms with Gasteiger partial charge in [0, 0.05) is 25.9 Å². The van der Waals surface area contributed by atoms with Crippen molar-refractivity contribution in [1.82, 2.24) is 4.90 Å². The second-order valence-corrected chi connectivity index (χ2v) is 4.07. The Balaban J connectivity index is 2.54. The molecule has 0 saturated heterocycles. The van der Waals surface area contributed by atoms with Crippen LogP contribution in [0.15, 0.2) is 24.3 Å². The second kappa shape index (κ2) is 7.27. The molecule has 0 aromatic heterocycles. The van der Waals surface area contributed by atoms with Gasteiger partial charge in [-0.2, -0.15) is 0 Å². The highest BCUT2D eigenvalue weighted by Gasteiger charge is 2.12. The number of likely N-dealkylation sites (N-methyl/N-ethyl adjacent to an activating group) is 1. The number of aliphatic hydroxyl groups excluding tert-OH is 1. The molecule has 1 aromatic carbocycles. The third-order valence-electron chi connectivity index (χ3n) is 2.79. The third kappa shape index (κ3) is 4.73. The average Bonchev–Trinajstić information content (AvgIpc) is 2.34.